The molecule has 0 unspecified atom stereocenters. The maximum atomic E-state index is 4.46. The maximum Gasteiger partial charge on any atom is 0.0739 e. The van der Waals surface area contributed by atoms with E-state index in [1.54, 1.807) is 0 Å². The maximum absolute atomic E-state index is 4.46. The highest BCUT2D eigenvalue weighted by Gasteiger charge is 2.12. The number of nitrogens with zero attached hydrogens (tertiary/aromatic N) is 3. The average Bonchev–Trinajstić information content (AvgIpc) is 2.96. The van der Waals surface area contributed by atoms with Crippen LogP contribution >= 0.6 is 15.9 Å². The summed E-state index contributed by atoms with van der Waals surface area (Å²) in [6, 6.07) is 8.77. The first-order valence-corrected chi connectivity index (χ1v) is 7.80. The van der Waals surface area contributed by atoms with Crippen molar-refractivity contribution in [2.45, 2.75) is 20.0 Å². The van der Waals surface area contributed by atoms with Crippen molar-refractivity contribution < 1.29 is 0 Å². The van der Waals surface area contributed by atoms with E-state index >= 15 is 0 Å². The third kappa shape index (κ3) is 2.63. The summed E-state index contributed by atoms with van der Waals surface area (Å²) in [6.07, 6.45) is 2.14. The van der Waals surface area contributed by atoms with Gasteiger partial charge in [-0.05, 0) is 53.0 Å². The Morgan fingerprint density at radius 2 is 2.10 bits per heavy atom. The van der Waals surface area contributed by atoms with Crippen LogP contribution in [0.1, 0.15) is 17.0 Å². The van der Waals surface area contributed by atoms with Gasteiger partial charge in [0, 0.05) is 25.3 Å². The Hall–Kier alpha value is -1.59. The van der Waals surface area contributed by atoms with Crippen molar-refractivity contribution in [3.05, 3.63) is 51.9 Å². The van der Waals surface area contributed by atoms with Crippen molar-refractivity contribution in [1.82, 2.24) is 19.7 Å². The molecule has 0 spiro atoms. The van der Waals surface area contributed by atoms with Crippen LogP contribution in [0.25, 0.3) is 10.9 Å². The molecular formula is C16H19BrN4. The summed E-state index contributed by atoms with van der Waals surface area (Å²) >= 11 is 3.64. The second-order valence-electron chi connectivity index (χ2n) is 5.34. The van der Waals surface area contributed by atoms with Crippen molar-refractivity contribution in [3.63, 3.8) is 0 Å². The molecule has 0 amide bonds. The molecule has 21 heavy (non-hydrogen) atoms. The zero-order valence-electron chi connectivity index (χ0n) is 12.5. The van der Waals surface area contributed by atoms with Crippen molar-refractivity contribution >= 4 is 26.8 Å². The highest BCUT2D eigenvalue weighted by molar-refractivity contribution is 9.10. The number of aryl methyl sites for hydroxylation is 2. The molecule has 1 aromatic carbocycles. The van der Waals surface area contributed by atoms with E-state index in [4.69, 9.17) is 0 Å². The van der Waals surface area contributed by atoms with E-state index in [1.807, 2.05) is 25.7 Å². The number of nitrogens with one attached hydrogen (secondary N) is 1. The highest BCUT2D eigenvalue weighted by atomic mass is 79.9. The standard InChI is InChI=1S/C16H19BrN4/c1-11-16(17)15(20(3)19-11)10-21-7-6-13-5-4-12(9-18-2)8-14(13)21/h4-8,18H,9-10H2,1-3H3. The zero-order valence-corrected chi connectivity index (χ0v) is 14.1. The van der Waals surface area contributed by atoms with Crippen molar-refractivity contribution in [2.75, 3.05) is 7.05 Å². The molecule has 5 heteroatoms. The minimum Gasteiger partial charge on any atom is -0.341 e. The fourth-order valence-corrected chi connectivity index (χ4v) is 3.16. The molecule has 0 aliphatic carbocycles. The molecule has 2 aromatic heterocycles. The Bertz CT molecular complexity index is 785. The van der Waals surface area contributed by atoms with E-state index in [1.165, 1.54) is 22.2 Å². The second kappa shape index (κ2) is 5.66. The van der Waals surface area contributed by atoms with Crippen LogP contribution in [0.3, 0.4) is 0 Å². The lowest BCUT2D eigenvalue weighted by Crippen LogP contribution is -2.07. The number of hydrogen-bond acceptors (Lipinski definition) is 2. The molecule has 4 nitrogen and oxygen atoms in total. The topological polar surface area (TPSA) is 34.8 Å². The molecule has 0 radical (unpaired) electrons. The summed E-state index contributed by atoms with van der Waals surface area (Å²) in [7, 11) is 3.96. The largest absolute Gasteiger partial charge is 0.341 e. The summed E-state index contributed by atoms with van der Waals surface area (Å²) in [4.78, 5) is 0. The predicted molar refractivity (Wildman–Crippen MR) is 89.4 cm³/mol. The lowest BCUT2D eigenvalue weighted by atomic mass is 10.1. The fourth-order valence-electron chi connectivity index (χ4n) is 2.69. The molecule has 0 atom stereocenters. The number of aromatic nitrogens is 3. The van der Waals surface area contributed by atoms with Gasteiger partial charge in [0.15, 0.2) is 0 Å². The van der Waals surface area contributed by atoms with Gasteiger partial charge in [-0.2, -0.15) is 5.10 Å². The molecule has 3 rings (SSSR count). The Morgan fingerprint density at radius 1 is 1.29 bits per heavy atom. The zero-order chi connectivity index (χ0) is 15.0. The summed E-state index contributed by atoms with van der Waals surface area (Å²) in [5.41, 5.74) is 4.77. The molecule has 0 aliphatic heterocycles. The Kier molecular flexibility index (Phi) is 3.87. The van der Waals surface area contributed by atoms with Gasteiger partial charge in [0.1, 0.15) is 0 Å². The number of fused-ring (bicyclic) bond motifs is 1. The first-order chi connectivity index (χ1) is 10.1. The molecule has 3 aromatic rings. The van der Waals surface area contributed by atoms with Gasteiger partial charge in [0.05, 0.1) is 22.4 Å². The number of hydrogen-bond donors (Lipinski definition) is 1. The van der Waals surface area contributed by atoms with Crippen molar-refractivity contribution in [1.29, 1.82) is 0 Å². The summed E-state index contributed by atoms with van der Waals surface area (Å²) < 4.78 is 5.32. The molecule has 0 saturated heterocycles. The number of benzene rings is 1. The SMILES string of the molecule is CNCc1ccc2ccn(Cc3c(Br)c(C)nn3C)c2c1. The predicted octanol–water partition coefficient (Wildman–Crippen LogP) is 3.21. The molecular weight excluding hydrogens is 328 g/mol. The fraction of sp³-hybridized carbons (Fsp3) is 0.312. The van der Waals surface area contributed by atoms with E-state index in [9.17, 15) is 0 Å². The lowest BCUT2D eigenvalue weighted by molar-refractivity contribution is 0.671. The summed E-state index contributed by atoms with van der Waals surface area (Å²) in [5, 5.41) is 8.93. The molecule has 0 bridgehead atoms. The van der Waals surface area contributed by atoms with Crippen LogP contribution in [-0.2, 0) is 20.1 Å². The van der Waals surface area contributed by atoms with Crippen LogP contribution in [0.5, 0.6) is 0 Å². The minimum absolute atomic E-state index is 0.810. The molecule has 0 fully saturated rings. The second-order valence-corrected chi connectivity index (χ2v) is 6.13. The van der Waals surface area contributed by atoms with Gasteiger partial charge in [-0.25, -0.2) is 0 Å². The van der Waals surface area contributed by atoms with E-state index in [-0.39, 0.29) is 0 Å². The van der Waals surface area contributed by atoms with Crippen LogP contribution in [0, 0.1) is 6.92 Å². The quantitative estimate of drug-likeness (QED) is 0.787. The van der Waals surface area contributed by atoms with Gasteiger partial charge in [0.25, 0.3) is 0 Å². The van der Waals surface area contributed by atoms with Crippen molar-refractivity contribution in [3.8, 4) is 0 Å². The third-order valence-corrected chi connectivity index (χ3v) is 4.83. The van der Waals surface area contributed by atoms with Crippen LogP contribution in [0.15, 0.2) is 34.9 Å². The Labute approximate surface area is 132 Å². The van der Waals surface area contributed by atoms with Crippen LogP contribution in [0.2, 0.25) is 0 Å². The highest BCUT2D eigenvalue weighted by Crippen LogP contribution is 2.24. The van der Waals surface area contributed by atoms with Gasteiger partial charge < -0.3 is 9.88 Å². The van der Waals surface area contributed by atoms with Gasteiger partial charge in [-0.15, -0.1) is 0 Å². The first kappa shape index (κ1) is 14.4. The summed E-state index contributed by atoms with van der Waals surface area (Å²) in [6.45, 7) is 3.71. The number of halogens is 1. The Morgan fingerprint density at radius 3 is 2.76 bits per heavy atom. The van der Waals surface area contributed by atoms with Crippen LogP contribution in [-0.4, -0.2) is 21.4 Å². The molecule has 1 N–H and O–H groups in total. The van der Waals surface area contributed by atoms with E-state index < -0.39 is 0 Å². The molecule has 0 saturated carbocycles. The number of rotatable bonds is 4. The van der Waals surface area contributed by atoms with Crippen LogP contribution in [0.4, 0.5) is 0 Å². The first-order valence-electron chi connectivity index (χ1n) is 7.00. The summed E-state index contributed by atoms with van der Waals surface area (Å²) in [5.74, 6) is 0. The third-order valence-electron chi connectivity index (χ3n) is 3.80. The monoisotopic (exact) mass is 346 g/mol. The molecule has 0 aliphatic rings. The van der Waals surface area contributed by atoms with Gasteiger partial charge in [-0.3, -0.25) is 4.68 Å². The normalized spacial score (nSPS) is 11.4. The van der Waals surface area contributed by atoms with Gasteiger partial charge in [0.2, 0.25) is 0 Å². The Balaban J connectivity index is 2.02. The van der Waals surface area contributed by atoms with Crippen LogP contribution < -0.4 is 5.32 Å². The van der Waals surface area contributed by atoms with Gasteiger partial charge >= 0.3 is 0 Å². The smallest absolute Gasteiger partial charge is 0.0739 e. The average molecular weight is 347 g/mol. The van der Waals surface area contributed by atoms with Crippen molar-refractivity contribution in [2.24, 2.45) is 7.05 Å². The van der Waals surface area contributed by atoms with E-state index in [0.717, 1.165) is 23.3 Å². The van der Waals surface area contributed by atoms with Gasteiger partial charge in [-0.1, -0.05) is 12.1 Å². The minimum atomic E-state index is 0.810. The molecule has 2 heterocycles. The molecule has 110 valence electrons. The van der Waals surface area contributed by atoms with E-state index in [0.29, 0.717) is 0 Å². The van der Waals surface area contributed by atoms with E-state index in [2.05, 4.69) is 61.4 Å². The lowest BCUT2D eigenvalue weighted by Gasteiger charge is -2.08.